The molecule has 0 bridgehead atoms. The molecule has 0 amide bonds. The van der Waals surface area contributed by atoms with E-state index in [4.69, 9.17) is 4.74 Å². The Morgan fingerprint density at radius 1 is 1.35 bits per heavy atom. The van der Waals surface area contributed by atoms with E-state index in [1.54, 1.807) is 0 Å². The maximum atomic E-state index is 12.3. The van der Waals surface area contributed by atoms with Crippen LogP contribution in [0.2, 0.25) is 0 Å². The quantitative estimate of drug-likeness (QED) is 0.811. The highest BCUT2D eigenvalue weighted by atomic mass is 16.5. The fourth-order valence-corrected chi connectivity index (χ4v) is 3.02. The molecule has 0 aromatic heterocycles. The molecule has 3 heteroatoms. The second-order valence-electron chi connectivity index (χ2n) is 5.62. The van der Waals surface area contributed by atoms with Crippen molar-refractivity contribution in [3.63, 3.8) is 0 Å². The monoisotopic (exact) mass is 275 g/mol. The maximum Gasteiger partial charge on any atom is 0.313 e. The van der Waals surface area contributed by atoms with Crippen molar-refractivity contribution in [3.05, 3.63) is 35.9 Å². The number of nitrogens with one attached hydrogen (secondary N) is 1. The largest absolute Gasteiger partial charge is 0.466 e. The van der Waals surface area contributed by atoms with Gasteiger partial charge in [0.25, 0.3) is 0 Å². The van der Waals surface area contributed by atoms with Crippen LogP contribution < -0.4 is 5.32 Å². The highest BCUT2D eigenvalue weighted by Gasteiger charge is 2.40. The number of piperidine rings is 1. The van der Waals surface area contributed by atoms with Gasteiger partial charge in [-0.15, -0.1) is 0 Å². The average Bonchev–Trinajstić information content (AvgIpc) is 2.49. The Hall–Kier alpha value is -1.35. The number of carbonyl (C=O) groups is 1. The highest BCUT2D eigenvalue weighted by molar-refractivity contribution is 5.77. The minimum Gasteiger partial charge on any atom is -0.466 e. The fourth-order valence-electron chi connectivity index (χ4n) is 3.02. The van der Waals surface area contributed by atoms with Crippen molar-refractivity contribution in [2.45, 2.75) is 39.0 Å². The molecule has 110 valence electrons. The molecule has 0 saturated carbocycles. The second kappa shape index (κ2) is 7.44. The van der Waals surface area contributed by atoms with E-state index in [0.29, 0.717) is 6.61 Å². The van der Waals surface area contributed by atoms with Crippen molar-refractivity contribution >= 4 is 5.97 Å². The Kier molecular flexibility index (Phi) is 5.60. The first-order valence-corrected chi connectivity index (χ1v) is 7.69. The first kappa shape index (κ1) is 15.0. The molecular formula is C17H25NO2. The van der Waals surface area contributed by atoms with Gasteiger partial charge >= 0.3 is 5.97 Å². The number of hydrogen-bond acceptors (Lipinski definition) is 3. The van der Waals surface area contributed by atoms with Crippen LogP contribution in [0.3, 0.4) is 0 Å². The van der Waals surface area contributed by atoms with Crippen molar-refractivity contribution in [2.75, 3.05) is 19.7 Å². The van der Waals surface area contributed by atoms with Gasteiger partial charge in [0.05, 0.1) is 12.0 Å². The van der Waals surface area contributed by atoms with Crippen LogP contribution in [0.4, 0.5) is 0 Å². The summed E-state index contributed by atoms with van der Waals surface area (Å²) in [4.78, 5) is 12.3. The number of ether oxygens (including phenoxy) is 1. The summed E-state index contributed by atoms with van der Waals surface area (Å²) < 4.78 is 5.31. The SMILES string of the molecule is CCOC(=O)C1(CCCc2ccccc2)CCCNC1. The van der Waals surface area contributed by atoms with E-state index >= 15 is 0 Å². The van der Waals surface area contributed by atoms with Gasteiger partial charge in [-0.3, -0.25) is 4.79 Å². The van der Waals surface area contributed by atoms with E-state index in [2.05, 4.69) is 29.6 Å². The van der Waals surface area contributed by atoms with Gasteiger partial charge < -0.3 is 10.1 Å². The van der Waals surface area contributed by atoms with Crippen LogP contribution >= 0.6 is 0 Å². The first-order chi connectivity index (χ1) is 9.77. The van der Waals surface area contributed by atoms with Crippen LogP contribution in [0.5, 0.6) is 0 Å². The molecule has 1 unspecified atom stereocenters. The molecule has 0 aliphatic carbocycles. The van der Waals surface area contributed by atoms with Gasteiger partial charge in [-0.25, -0.2) is 0 Å². The number of aryl methyl sites for hydroxylation is 1. The van der Waals surface area contributed by atoms with Gasteiger partial charge in [0, 0.05) is 6.54 Å². The number of hydrogen-bond donors (Lipinski definition) is 1. The van der Waals surface area contributed by atoms with Crippen molar-refractivity contribution in [2.24, 2.45) is 5.41 Å². The lowest BCUT2D eigenvalue weighted by molar-refractivity contribution is -0.157. The van der Waals surface area contributed by atoms with E-state index in [1.807, 2.05) is 13.0 Å². The van der Waals surface area contributed by atoms with Gasteiger partial charge in [-0.2, -0.15) is 0 Å². The van der Waals surface area contributed by atoms with E-state index in [-0.39, 0.29) is 11.4 Å². The number of carbonyl (C=O) groups excluding carboxylic acids is 1. The summed E-state index contributed by atoms with van der Waals surface area (Å²) in [6.45, 7) is 4.13. The summed E-state index contributed by atoms with van der Waals surface area (Å²) in [6, 6.07) is 10.5. The molecule has 0 radical (unpaired) electrons. The third-order valence-electron chi connectivity index (χ3n) is 4.14. The minimum absolute atomic E-state index is 0.0136. The lowest BCUT2D eigenvalue weighted by Crippen LogP contribution is -2.46. The van der Waals surface area contributed by atoms with Crippen LogP contribution in [-0.4, -0.2) is 25.7 Å². The topological polar surface area (TPSA) is 38.3 Å². The zero-order chi connectivity index (χ0) is 14.3. The molecule has 1 aromatic rings. The molecular weight excluding hydrogens is 250 g/mol. The maximum absolute atomic E-state index is 12.3. The third kappa shape index (κ3) is 3.83. The van der Waals surface area contributed by atoms with Gasteiger partial charge in [0.2, 0.25) is 0 Å². The molecule has 1 N–H and O–H groups in total. The molecule has 3 nitrogen and oxygen atoms in total. The molecule has 1 aliphatic heterocycles. The van der Waals surface area contributed by atoms with E-state index in [0.717, 1.165) is 45.2 Å². The highest BCUT2D eigenvalue weighted by Crippen LogP contribution is 2.33. The standard InChI is InChI=1S/C17H25NO2/c1-2-20-16(19)17(12-7-13-18-14-17)11-6-10-15-8-4-3-5-9-15/h3-5,8-9,18H,2,6-7,10-14H2,1H3. The van der Waals surface area contributed by atoms with Crippen molar-refractivity contribution in [1.82, 2.24) is 5.32 Å². The molecule has 1 heterocycles. The van der Waals surface area contributed by atoms with E-state index in [1.165, 1.54) is 5.56 Å². The molecule has 2 rings (SSSR count). The van der Waals surface area contributed by atoms with E-state index in [9.17, 15) is 4.79 Å². The Bertz CT molecular complexity index is 410. The smallest absolute Gasteiger partial charge is 0.313 e. The number of benzene rings is 1. The molecule has 0 spiro atoms. The van der Waals surface area contributed by atoms with Crippen LogP contribution in [0.1, 0.15) is 38.2 Å². The van der Waals surface area contributed by atoms with Crippen LogP contribution in [0, 0.1) is 5.41 Å². The fraction of sp³-hybridized carbons (Fsp3) is 0.588. The van der Waals surface area contributed by atoms with Crippen LogP contribution in [0.15, 0.2) is 30.3 Å². The zero-order valence-electron chi connectivity index (χ0n) is 12.4. The Morgan fingerprint density at radius 3 is 2.80 bits per heavy atom. The van der Waals surface area contributed by atoms with E-state index < -0.39 is 0 Å². The van der Waals surface area contributed by atoms with Crippen LogP contribution in [0.25, 0.3) is 0 Å². The summed E-state index contributed by atoms with van der Waals surface area (Å²) >= 11 is 0. The lowest BCUT2D eigenvalue weighted by Gasteiger charge is -2.35. The zero-order valence-corrected chi connectivity index (χ0v) is 12.4. The summed E-state index contributed by atoms with van der Waals surface area (Å²) in [5, 5.41) is 3.36. The predicted octanol–water partition coefficient (Wildman–Crippen LogP) is 2.94. The Morgan fingerprint density at radius 2 is 2.15 bits per heavy atom. The second-order valence-corrected chi connectivity index (χ2v) is 5.62. The van der Waals surface area contributed by atoms with Gasteiger partial charge in [0.1, 0.15) is 0 Å². The summed E-state index contributed by atoms with van der Waals surface area (Å²) in [7, 11) is 0. The first-order valence-electron chi connectivity index (χ1n) is 7.69. The Balaban J connectivity index is 1.92. The lowest BCUT2D eigenvalue weighted by atomic mass is 9.76. The van der Waals surface area contributed by atoms with Gasteiger partial charge in [-0.05, 0) is 51.1 Å². The third-order valence-corrected chi connectivity index (χ3v) is 4.14. The summed E-state index contributed by atoms with van der Waals surface area (Å²) in [5.74, 6) is -0.0136. The molecule has 1 fully saturated rings. The van der Waals surface area contributed by atoms with Crippen molar-refractivity contribution in [1.29, 1.82) is 0 Å². The van der Waals surface area contributed by atoms with Crippen LogP contribution in [-0.2, 0) is 16.0 Å². The predicted molar refractivity (Wildman–Crippen MR) is 80.5 cm³/mol. The normalized spacial score (nSPS) is 22.4. The molecule has 20 heavy (non-hydrogen) atoms. The molecule has 1 saturated heterocycles. The van der Waals surface area contributed by atoms with Crippen molar-refractivity contribution < 1.29 is 9.53 Å². The molecule has 1 aromatic carbocycles. The number of esters is 1. The minimum atomic E-state index is -0.303. The summed E-state index contributed by atoms with van der Waals surface area (Å²) in [5.41, 5.74) is 1.04. The van der Waals surface area contributed by atoms with Crippen molar-refractivity contribution in [3.8, 4) is 0 Å². The Labute approximate surface area is 121 Å². The average molecular weight is 275 g/mol. The number of rotatable bonds is 6. The van der Waals surface area contributed by atoms with Gasteiger partial charge in [-0.1, -0.05) is 30.3 Å². The molecule has 1 aliphatic rings. The van der Waals surface area contributed by atoms with Gasteiger partial charge in [0.15, 0.2) is 0 Å². The molecule has 1 atom stereocenters. The summed E-state index contributed by atoms with van der Waals surface area (Å²) in [6.07, 6.45) is 4.98.